The summed E-state index contributed by atoms with van der Waals surface area (Å²) < 4.78 is 2.07. The van der Waals surface area contributed by atoms with Gasteiger partial charge in [0.15, 0.2) is 0 Å². The molecule has 4 heteroatoms. The number of aromatic nitrogens is 2. The first kappa shape index (κ1) is 19.0. The number of hydrogen-bond acceptors (Lipinski definition) is 3. The molecular weight excluding hydrogens is 358 g/mol. The van der Waals surface area contributed by atoms with E-state index < -0.39 is 0 Å². The number of hydrogen-bond donors (Lipinski definition) is 0. The number of rotatable bonds is 2. The molecule has 4 nitrogen and oxygen atoms in total. The van der Waals surface area contributed by atoms with Gasteiger partial charge in [0.1, 0.15) is 0 Å². The number of fused-ring (bicyclic) bond motifs is 3. The normalized spacial score (nSPS) is 31.2. The molecule has 2 saturated heterocycles. The fourth-order valence-corrected chi connectivity index (χ4v) is 6.16. The Balaban J connectivity index is 1.49. The summed E-state index contributed by atoms with van der Waals surface area (Å²) in [7, 11) is 0. The van der Waals surface area contributed by atoms with E-state index in [1.807, 2.05) is 18.2 Å². The van der Waals surface area contributed by atoms with E-state index in [1.165, 1.54) is 64.0 Å². The SMILES string of the molecule is O=c1cnc2ccccc2n1C1CC2CCCCC(C1)N2C1C=CCCCCC1. The third kappa shape index (κ3) is 3.79. The van der Waals surface area contributed by atoms with E-state index in [4.69, 9.17) is 0 Å². The van der Waals surface area contributed by atoms with Gasteiger partial charge in [-0.3, -0.25) is 9.69 Å². The molecule has 2 aliphatic heterocycles. The summed E-state index contributed by atoms with van der Waals surface area (Å²) in [6, 6.07) is 10.2. The van der Waals surface area contributed by atoms with E-state index in [0.29, 0.717) is 18.1 Å². The lowest BCUT2D eigenvalue weighted by molar-refractivity contribution is 0.0305. The molecule has 2 bridgehead atoms. The summed E-state index contributed by atoms with van der Waals surface area (Å²) in [6.45, 7) is 0. The highest BCUT2D eigenvalue weighted by Gasteiger charge is 2.40. The first-order valence-corrected chi connectivity index (χ1v) is 11.7. The van der Waals surface area contributed by atoms with E-state index in [0.717, 1.165) is 23.9 Å². The zero-order valence-electron chi connectivity index (χ0n) is 17.4. The predicted molar refractivity (Wildman–Crippen MR) is 118 cm³/mol. The number of benzene rings is 1. The van der Waals surface area contributed by atoms with Crippen LogP contribution in [0.15, 0.2) is 47.4 Å². The zero-order valence-corrected chi connectivity index (χ0v) is 17.4. The van der Waals surface area contributed by atoms with Gasteiger partial charge in [-0.25, -0.2) is 4.98 Å². The van der Waals surface area contributed by atoms with Gasteiger partial charge < -0.3 is 4.57 Å². The van der Waals surface area contributed by atoms with Gasteiger partial charge in [-0.1, -0.05) is 50.0 Å². The van der Waals surface area contributed by atoms with Crippen molar-refractivity contribution in [2.45, 2.75) is 94.8 Å². The topological polar surface area (TPSA) is 38.1 Å². The van der Waals surface area contributed by atoms with Crippen LogP contribution in [-0.4, -0.2) is 32.6 Å². The Labute approximate surface area is 173 Å². The maximum atomic E-state index is 12.9. The van der Waals surface area contributed by atoms with Crippen LogP contribution in [0.5, 0.6) is 0 Å². The maximum Gasteiger partial charge on any atom is 0.269 e. The van der Waals surface area contributed by atoms with Crippen molar-refractivity contribution in [2.75, 3.05) is 0 Å². The second-order valence-corrected chi connectivity index (χ2v) is 9.25. The van der Waals surface area contributed by atoms with Crippen LogP contribution < -0.4 is 5.56 Å². The van der Waals surface area contributed by atoms with E-state index in [2.05, 4.69) is 32.7 Å². The first-order chi connectivity index (χ1) is 14.3. The molecule has 5 rings (SSSR count). The highest BCUT2D eigenvalue weighted by molar-refractivity contribution is 5.74. The van der Waals surface area contributed by atoms with Gasteiger partial charge in [-0.2, -0.15) is 0 Å². The largest absolute Gasteiger partial charge is 0.302 e. The molecule has 1 aromatic carbocycles. The third-order valence-corrected chi connectivity index (χ3v) is 7.43. The number of nitrogens with zero attached hydrogens (tertiary/aromatic N) is 3. The lowest BCUT2D eigenvalue weighted by Crippen LogP contribution is -2.53. The number of para-hydroxylation sites is 2. The molecule has 2 fully saturated rings. The molecule has 0 saturated carbocycles. The Morgan fingerprint density at radius 2 is 1.62 bits per heavy atom. The molecule has 154 valence electrons. The van der Waals surface area contributed by atoms with Crippen LogP contribution in [0, 0.1) is 0 Å². The van der Waals surface area contributed by atoms with Gasteiger partial charge in [-0.05, 0) is 57.1 Å². The summed E-state index contributed by atoms with van der Waals surface area (Å²) in [5, 5.41) is 0. The van der Waals surface area contributed by atoms with Crippen molar-refractivity contribution in [1.29, 1.82) is 0 Å². The van der Waals surface area contributed by atoms with Crippen molar-refractivity contribution in [1.82, 2.24) is 14.5 Å². The number of allylic oxidation sites excluding steroid dienone is 1. The van der Waals surface area contributed by atoms with Gasteiger partial charge in [0.05, 0.1) is 17.2 Å². The molecule has 0 radical (unpaired) electrons. The third-order valence-electron chi connectivity index (χ3n) is 7.43. The second kappa shape index (κ2) is 8.43. The molecule has 0 N–H and O–H groups in total. The van der Waals surface area contributed by atoms with E-state index in [1.54, 1.807) is 0 Å². The average Bonchev–Trinajstić information content (AvgIpc) is 2.83. The highest BCUT2D eigenvalue weighted by Crippen LogP contribution is 2.41. The fraction of sp³-hybridized carbons (Fsp3) is 0.600. The molecule has 1 aromatic heterocycles. The first-order valence-electron chi connectivity index (χ1n) is 11.7. The van der Waals surface area contributed by atoms with Crippen LogP contribution in [0.4, 0.5) is 0 Å². The van der Waals surface area contributed by atoms with Crippen molar-refractivity contribution in [3.05, 3.63) is 53.0 Å². The molecule has 3 unspecified atom stereocenters. The Morgan fingerprint density at radius 1 is 0.862 bits per heavy atom. The minimum Gasteiger partial charge on any atom is -0.302 e. The minimum atomic E-state index is 0.0600. The maximum absolute atomic E-state index is 12.9. The van der Waals surface area contributed by atoms with Crippen molar-refractivity contribution in [3.63, 3.8) is 0 Å². The summed E-state index contributed by atoms with van der Waals surface area (Å²) in [5.74, 6) is 0. The molecule has 1 aliphatic carbocycles. The second-order valence-electron chi connectivity index (χ2n) is 9.25. The van der Waals surface area contributed by atoms with Crippen molar-refractivity contribution < 1.29 is 0 Å². The average molecular weight is 392 g/mol. The molecule has 29 heavy (non-hydrogen) atoms. The molecule has 3 aliphatic rings. The molecule has 3 heterocycles. The Bertz CT molecular complexity index is 917. The van der Waals surface area contributed by atoms with Crippen LogP contribution in [0.1, 0.15) is 76.7 Å². The summed E-state index contributed by atoms with van der Waals surface area (Å²) in [5.41, 5.74) is 1.99. The zero-order chi connectivity index (χ0) is 19.6. The molecule has 0 spiro atoms. The lowest BCUT2D eigenvalue weighted by Gasteiger charge is -2.48. The van der Waals surface area contributed by atoms with Crippen molar-refractivity contribution in [3.8, 4) is 0 Å². The summed E-state index contributed by atoms with van der Waals surface area (Å²) >= 11 is 0. The van der Waals surface area contributed by atoms with E-state index >= 15 is 0 Å². The molecule has 2 aromatic rings. The Morgan fingerprint density at radius 3 is 2.45 bits per heavy atom. The van der Waals surface area contributed by atoms with E-state index in [9.17, 15) is 4.79 Å². The summed E-state index contributed by atoms with van der Waals surface area (Å²) in [6.07, 6.45) is 20.4. The molecular formula is C25H33N3O. The van der Waals surface area contributed by atoms with Gasteiger partial charge in [0.25, 0.3) is 5.56 Å². The van der Waals surface area contributed by atoms with Crippen LogP contribution in [-0.2, 0) is 0 Å². The fourth-order valence-electron chi connectivity index (χ4n) is 6.16. The molecule has 0 amide bonds. The quantitative estimate of drug-likeness (QED) is 0.658. The van der Waals surface area contributed by atoms with Crippen molar-refractivity contribution in [2.24, 2.45) is 0 Å². The van der Waals surface area contributed by atoms with Gasteiger partial charge in [0.2, 0.25) is 0 Å². The van der Waals surface area contributed by atoms with Crippen molar-refractivity contribution >= 4 is 11.0 Å². The van der Waals surface area contributed by atoms with Crippen LogP contribution in [0.2, 0.25) is 0 Å². The van der Waals surface area contributed by atoms with Crippen LogP contribution in [0.25, 0.3) is 11.0 Å². The van der Waals surface area contributed by atoms with E-state index in [-0.39, 0.29) is 11.6 Å². The van der Waals surface area contributed by atoms with Gasteiger partial charge in [-0.15, -0.1) is 0 Å². The standard InChI is InChI=1S/C25H33N3O/c29-25-18-26-23-14-8-9-15-24(23)28(25)22-16-20-12-6-7-13-21(17-22)27(20)19-10-4-2-1-3-5-11-19/h4,8-10,14-15,18-22H,1-3,5-7,11-13,16-17H2. The Kier molecular flexibility index (Phi) is 5.54. The minimum absolute atomic E-state index is 0.0600. The Hall–Kier alpha value is -1.94. The van der Waals surface area contributed by atoms with Gasteiger partial charge in [0, 0.05) is 24.2 Å². The predicted octanol–water partition coefficient (Wildman–Crippen LogP) is 5.23. The van der Waals surface area contributed by atoms with Gasteiger partial charge >= 0.3 is 0 Å². The number of piperidine rings is 1. The lowest BCUT2D eigenvalue weighted by atomic mass is 9.86. The highest BCUT2D eigenvalue weighted by atomic mass is 16.1. The smallest absolute Gasteiger partial charge is 0.269 e. The van der Waals surface area contributed by atoms with Crippen LogP contribution >= 0.6 is 0 Å². The summed E-state index contributed by atoms with van der Waals surface area (Å²) in [4.78, 5) is 20.1. The molecule has 3 atom stereocenters. The monoisotopic (exact) mass is 391 g/mol. The van der Waals surface area contributed by atoms with Crippen LogP contribution in [0.3, 0.4) is 0 Å².